The fourth-order valence-electron chi connectivity index (χ4n) is 2.61. The number of thioether (sulfide) groups is 1. The van der Waals surface area contributed by atoms with Crippen molar-refractivity contribution >= 4 is 11.8 Å². The molecule has 0 aliphatic carbocycles. The summed E-state index contributed by atoms with van der Waals surface area (Å²) >= 11 is 1.89. The van der Waals surface area contributed by atoms with Crippen molar-refractivity contribution in [3.05, 3.63) is 102 Å². The summed E-state index contributed by atoms with van der Waals surface area (Å²) in [7, 11) is 0. The second kappa shape index (κ2) is 8.56. The molecule has 0 heterocycles. The second-order valence-electron chi connectivity index (χ2n) is 5.37. The van der Waals surface area contributed by atoms with E-state index in [2.05, 4.69) is 96.3 Å². The minimum absolute atomic E-state index is 0.244. The quantitative estimate of drug-likeness (QED) is 0.477. The number of nitrogens with one attached hydrogen (secondary N) is 1. The lowest BCUT2D eigenvalue weighted by Gasteiger charge is -2.20. The van der Waals surface area contributed by atoms with Gasteiger partial charge in [-0.2, -0.15) is 0 Å². The lowest BCUT2D eigenvalue weighted by atomic mass is 9.99. The van der Waals surface area contributed by atoms with Crippen molar-refractivity contribution < 1.29 is 0 Å². The van der Waals surface area contributed by atoms with E-state index < -0.39 is 0 Å². The van der Waals surface area contributed by atoms with E-state index in [1.54, 1.807) is 0 Å². The van der Waals surface area contributed by atoms with Gasteiger partial charge in [-0.3, -0.25) is 0 Å². The SMILES string of the molecule is c1ccc(SCCNC(c2ccccc2)c2ccccc2)cc1. The molecule has 23 heavy (non-hydrogen) atoms. The van der Waals surface area contributed by atoms with Crippen LogP contribution in [0.25, 0.3) is 0 Å². The molecule has 1 N–H and O–H groups in total. The highest BCUT2D eigenvalue weighted by Crippen LogP contribution is 2.22. The molecule has 0 fully saturated rings. The van der Waals surface area contributed by atoms with Crippen LogP contribution < -0.4 is 5.32 Å². The van der Waals surface area contributed by atoms with Crippen molar-refractivity contribution in [3.8, 4) is 0 Å². The molecule has 0 unspecified atom stereocenters. The zero-order valence-electron chi connectivity index (χ0n) is 13.1. The van der Waals surface area contributed by atoms with Gasteiger partial charge >= 0.3 is 0 Å². The van der Waals surface area contributed by atoms with Crippen LogP contribution in [0, 0.1) is 0 Å². The van der Waals surface area contributed by atoms with E-state index in [0.717, 1.165) is 12.3 Å². The normalized spacial score (nSPS) is 10.8. The Balaban J connectivity index is 1.63. The summed E-state index contributed by atoms with van der Waals surface area (Å²) in [6, 6.07) is 32.1. The Bertz CT molecular complexity index is 643. The maximum Gasteiger partial charge on any atom is 0.0576 e. The zero-order valence-corrected chi connectivity index (χ0v) is 13.9. The average Bonchev–Trinajstić information content (AvgIpc) is 2.64. The Kier molecular flexibility index (Phi) is 5.90. The number of benzene rings is 3. The van der Waals surface area contributed by atoms with E-state index in [9.17, 15) is 0 Å². The van der Waals surface area contributed by atoms with Crippen LogP contribution in [-0.2, 0) is 0 Å². The molecule has 3 aromatic carbocycles. The molecule has 0 radical (unpaired) electrons. The molecule has 0 saturated heterocycles. The van der Waals surface area contributed by atoms with Crippen LogP contribution in [0.2, 0.25) is 0 Å². The van der Waals surface area contributed by atoms with Crippen LogP contribution in [0.5, 0.6) is 0 Å². The Morgan fingerprint density at radius 2 is 1.13 bits per heavy atom. The molecular weight excluding hydrogens is 298 g/mol. The third kappa shape index (κ3) is 4.72. The summed E-state index contributed by atoms with van der Waals surface area (Å²) in [5, 5.41) is 3.70. The molecule has 1 nitrogen and oxygen atoms in total. The summed E-state index contributed by atoms with van der Waals surface area (Å²) in [6.07, 6.45) is 0. The van der Waals surface area contributed by atoms with E-state index in [-0.39, 0.29) is 6.04 Å². The largest absolute Gasteiger partial charge is 0.305 e. The van der Waals surface area contributed by atoms with Crippen molar-refractivity contribution in [1.29, 1.82) is 0 Å². The van der Waals surface area contributed by atoms with Crippen molar-refractivity contribution in [1.82, 2.24) is 5.32 Å². The van der Waals surface area contributed by atoms with Gasteiger partial charge in [0.05, 0.1) is 6.04 Å². The van der Waals surface area contributed by atoms with Gasteiger partial charge in [-0.1, -0.05) is 78.9 Å². The molecular formula is C21H21NS. The summed E-state index contributed by atoms with van der Waals surface area (Å²) in [5.74, 6) is 1.06. The van der Waals surface area contributed by atoms with Crippen LogP contribution in [0.3, 0.4) is 0 Å². The molecule has 0 aromatic heterocycles. The Labute approximate surface area is 142 Å². The highest BCUT2D eigenvalue weighted by Gasteiger charge is 2.12. The maximum atomic E-state index is 3.70. The van der Waals surface area contributed by atoms with E-state index >= 15 is 0 Å². The predicted molar refractivity (Wildman–Crippen MR) is 99.9 cm³/mol. The van der Waals surface area contributed by atoms with Gasteiger partial charge in [-0.25, -0.2) is 0 Å². The van der Waals surface area contributed by atoms with Gasteiger partial charge in [0.15, 0.2) is 0 Å². The summed E-state index contributed by atoms with van der Waals surface area (Å²) in [5.41, 5.74) is 2.62. The van der Waals surface area contributed by atoms with Crippen LogP contribution in [-0.4, -0.2) is 12.3 Å². The monoisotopic (exact) mass is 319 g/mol. The highest BCUT2D eigenvalue weighted by atomic mass is 32.2. The van der Waals surface area contributed by atoms with Crippen LogP contribution in [0.4, 0.5) is 0 Å². The Morgan fingerprint density at radius 3 is 1.65 bits per heavy atom. The van der Waals surface area contributed by atoms with Crippen molar-refractivity contribution in [2.45, 2.75) is 10.9 Å². The van der Waals surface area contributed by atoms with Crippen LogP contribution in [0.1, 0.15) is 17.2 Å². The molecule has 0 saturated carbocycles. The number of hydrogen-bond acceptors (Lipinski definition) is 2. The topological polar surface area (TPSA) is 12.0 Å². The Hall–Kier alpha value is -2.03. The molecule has 0 amide bonds. The first-order valence-electron chi connectivity index (χ1n) is 7.94. The molecule has 3 rings (SSSR count). The highest BCUT2D eigenvalue weighted by molar-refractivity contribution is 7.99. The maximum absolute atomic E-state index is 3.70. The first kappa shape index (κ1) is 15.9. The minimum Gasteiger partial charge on any atom is -0.305 e. The third-order valence-corrected chi connectivity index (χ3v) is 4.74. The summed E-state index contributed by atoms with van der Waals surface area (Å²) in [6.45, 7) is 0.966. The third-order valence-electron chi connectivity index (χ3n) is 3.73. The molecule has 0 bridgehead atoms. The zero-order chi connectivity index (χ0) is 15.7. The van der Waals surface area contributed by atoms with Crippen LogP contribution >= 0.6 is 11.8 Å². The fraction of sp³-hybridized carbons (Fsp3) is 0.143. The first-order valence-corrected chi connectivity index (χ1v) is 8.93. The van der Waals surface area contributed by atoms with Crippen molar-refractivity contribution in [3.63, 3.8) is 0 Å². The predicted octanol–water partition coefficient (Wildman–Crippen LogP) is 5.16. The Morgan fingerprint density at radius 1 is 0.652 bits per heavy atom. The standard InChI is InChI=1S/C21H21NS/c1-4-10-18(11-5-1)21(19-12-6-2-7-13-19)22-16-17-23-20-14-8-3-9-15-20/h1-15,21-22H,16-17H2. The van der Waals surface area contributed by atoms with Crippen molar-refractivity contribution in [2.75, 3.05) is 12.3 Å². The summed E-state index contributed by atoms with van der Waals surface area (Å²) < 4.78 is 0. The molecule has 0 atom stereocenters. The van der Waals surface area contributed by atoms with E-state index in [0.29, 0.717) is 0 Å². The lowest BCUT2D eigenvalue weighted by Crippen LogP contribution is -2.24. The minimum atomic E-state index is 0.244. The molecule has 0 aliphatic heterocycles. The number of hydrogen-bond donors (Lipinski definition) is 1. The fourth-order valence-corrected chi connectivity index (χ4v) is 3.41. The van der Waals surface area contributed by atoms with E-state index in [4.69, 9.17) is 0 Å². The van der Waals surface area contributed by atoms with Gasteiger partial charge < -0.3 is 5.32 Å². The smallest absolute Gasteiger partial charge is 0.0576 e. The molecule has 116 valence electrons. The van der Waals surface area contributed by atoms with Gasteiger partial charge in [0.1, 0.15) is 0 Å². The second-order valence-corrected chi connectivity index (χ2v) is 6.54. The van der Waals surface area contributed by atoms with Gasteiger partial charge in [-0.15, -0.1) is 11.8 Å². The van der Waals surface area contributed by atoms with E-state index in [1.165, 1.54) is 16.0 Å². The lowest BCUT2D eigenvalue weighted by molar-refractivity contribution is 0.634. The van der Waals surface area contributed by atoms with Gasteiger partial charge in [0.25, 0.3) is 0 Å². The number of rotatable bonds is 7. The average molecular weight is 319 g/mol. The first-order chi connectivity index (χ1) is 11.4. The summed E-state index contributed by atoms with van der Waals surface area (Å²) in [4.78, 5) is 1.32. The molecule has 3 aromatic rings. The van der Waals surface area contributed by atoms with E-state index in [1.807, 2.05) is 11.8 Å². The van der Waals surface area contributed by atoms with Gasteiger partial charge in [-0.05, 0) is 23.3 Å². The molecule has 2 heteroatoms. The van der Waals surface area contributed by atoms with Gasteiger partial charge in [0, 0.05) is 17.2 Å². The van der Waals surface area contributed by atoms with Crippen molar-refractivity contribution in [2.24, 2.45) is 0 Å². The molecule has 0 spiro atoms. The van der Waals surface area contributed by atoms with Gasteiger partial charge in [0.2, 0.25) is 0 Å². The molecule has 0 aliphatic rings. The van der Waals surface area contributed by atoms with Crippen LogP contribution in [0.15, 0.2) is 95.9 Å².